The third-order valence-electron chi connectivity index (χ3n) is 2.63. The second-order valence-corrected chi connectivity index (χ2v) is 6.52. The van der Waals surface area contributed by atoms with Gasteiger partial charge >= 0.3 is 10.1 Å². The van der Waals surface area contributed by atoms with E-state index in [0.29, 0.717) is 4.47 Å². The first kappa shape index (κ1) is 16.2. The van der Waals surface area contributed by atoms with Crippen molar-refractivity contribution in [2.45, 2.75) is 4.90 Å². The van der Waals surface area contributed by atoms with Gasteiger partial charge in [-0.15, -0.1) is 0 Å². The zero-order chi connectivity index (χ0) is 16.3. The zero-order valence-electron chi connectivity index (χ0n) is 11.2. The molecule has 0 bridgehead atoms. The van der Waals surface area contributed by atoms with E-state index in [1.807, 2.05) is 0 Å². The summed E-state index contributed by atoms with van der Waals surface area (Å²) in [6.45, 7) is 0. The monoisotopic (exact) mass is 387 g/mol. The number of ether oxygens (including phenoxy) is 1. The number of nitrogens with zero attached hydrogens (tertiary/aromatic N) is 1. The zero-order valence-corrected chi connectivity index (χ0v) is 13.6. The van der Waals surface area contributed by atoms with E-state index >= 15 is 0 Å². The smallest absolute Gasteiger partial charge is 0.342 e. The Labute approximate surface area is 134 Å². The minimum atomic E-state index is -4.18. The van der Waals surface area contributed by atoms with Crippen LogP contribution in [0.1, 0.15) is 0 Å². The number of nitro benzene ring substituents is 1. The Hall–Kier alpha value is -2.13. The average Bonchev–Trinajstić information content (AvgIpc) is 2.46. The summed E-state index contributed by atoms with van der Waals surface area (Å²) in [4.78, 5) is 9.79. The fourth-order valence-electron chi connectivity index (χ4n) is 1.67. The number of non-ortho nitro benzene ring substituents is 1. The number of hydrogen-bond donors (Lipinski definition) is 0. The van der Waals surface area contributed by atoms with Gasteiger partial charge in [0.1, 0.15) is 16.4 Å². The van der Waals surface area contributed by atoms with Crippen molar-refractivity contribution in [3.63, 3.8) is 0 Å². The van der Waals surface area contributed by atoms with Crippen LogP contribution >= 0.6 is 15.9 Å². The summed E-state index contributed by atoms with van der Waals surface area (Å²) >= 11 is 3.21. The maximum Gasteiger partial charge on any atom is 0.342 e. The molecule has 0 aliphatic carbocycles. The molecule has 22 heavy (non-hydrogen) atoms. The van der Waals surface area contributed by atoms with Crippen molar-refractivity contribution >= 4 is 31.7 Å². The van der Waals surface area contributed by atoms with Crippen LogP contribution in [-0.2, 0) is 10.1 Å². The van der Waals surface area contributed by atoms with Crippen LogP contribution in [0.5, 0.6) is 11.5 Å². The van der Waals surface area contributed by atoms with E-state index in [0.717, 1.165) is 18.2 Å². The Morgan fingerprint density at radius 3 is 2.50 bits per heavy atom. The number of benzene rings is 2. The van der Waals surface area contributed by atoms with Crippen LogP contribution in [0.3, 0.4) is 0 Å². The van der Waals surface area contributed by atoms with Gasteiger partial charge in [-0.3, -0.25) is 10.1 Å². The van der Waals surface area contributed by atoms with Crippen LogP contribution in [0, 0.1) is 10.1 Å². The molecule has 0 saturated heterocycles. The molecule has 0 unspecified atom stereocenters. The van der Waals surface area contributed by atoms with Gasteiger partial charge in [-0.25, -0.2) is 0 Å². The molecule has 2 rings (SSSR count). The first-order chi connectivity index (χ1) is 10.3. The van der Waals surface area contributed by atoms with Crippen molar-refractivity contribution in [1.29, 1.82) is 0 Å². The van der Waals surface area contributed by atoms with Crippen molar-refractivity contribution < 1.29 is 22.3 Å². The minimum Gasteiger partial charge on any atom is -0.495 e. The van der Waals surface area contributed by atoms with Gasteiger partial charge in [0, 0.05) is 10.5 Å². The Morgan fingerprint density at radius 1 is 1.18 bits per heavy atom. The molecule has 2 aromatic carbocycles. The summed E-state index contributed by atoms with van der Waals surface area (Å²) in [7, 11) is -2.96. The molecule has 0 aliphatic rings. The minimum absolute atomic E-state index is 0.106. The molecule has 0 aromatic heterocycles. The predicted molar refractivity (Wildman–Crippen MR) is 81.6 cm³/mol. The predicted octanol–water partition coefficient (Wildman–Crippen LogP) is 3.13. The van der Waals surface area contributed by atoms with Gasteiger partial charge in [0.25, 0.3) is 5.69 Å². The average molecular weight is 388 g/mol. The molecular weight excluding hydrogens is 378 g/mol. The lowest BCUT2D eigenvalue weighted by Crippen LogP contribution is -2.11. The van der Waals surface area contributed by atoms with Crippen molar-refractivity contribution in [3.8, 4) is 11.5 Å². The lowest BCUT2D eigenvalue weighted by atomic mass is 10.3. The second kappa shape index (κ2) is 6.32. The van der Waals surface area contributed by atoms with Crippen molar-refractivity contribution in [3.05, 3.63) is 57.1 Å². The highest BCUT2D eigenvalue weighted by molar-refractivity contribution is 9.10. The van der Waals surface area contributed by atoms with Gasteiger partial charge in [-0.2, -0.15) is 8.42 Å². The molecule has 0 heterocycles. The van der Waals surface area contributed by atoms with Crippen LogP contribution in [0.4, 0.5) is 5.69 Å². The fraction of sp³-hybridized carbons (Fsp3) is 0.0769. The van der Waals surface area contributed by atoms with Crippen LogP contribution < -0.4 is 8.92 Å². The van der Waals surface area contributed by atoms with E-state index in [9.17, 15) is 18.5 Å². The summed E-state index contributed by atoms with van der Waals surface area (Å²) in [5.41, 5.74) is -0.279. The number of halogens is 1. The molecule has 0 N–H and O–H groups in total. The lowest BCUT2D eigenvalue weighted by Gasteiger charge is -2.10. The normalized spacial score (nSPS) is 11.0. The fourth-order valence-corrected chi connectivity index (χ4v) is 3.12. The lowest BCUT2D eigenvalue weighted by molar-refractivity contribution is -0.385. The molecule has 9 heteroatoms. The van der Waals surface area contributed by atoms with E-state index in [1.54, 1.807) is 12.1 Å². The molecule has 0 saturated carbocycles. The molecule has 7 nitrogen and oxygen atoms in total. The Morgan fingerprint density at radius 2 is 1.91 bits per heavy atom. The maximum atomic E-state index is 12.3. The van der Waals surface area contributed by atoms with Crippen molar-refractivity contribution in [2.75, 3.05) is 7.11 Å². The van der Waals surface area contributed by atoms with Gasteiger partial charge in [0.2, 0.25) is 0 Å². The summed E-state index contributed by atoms with van der Waals surface area (Å²) in [6, 6.07) is 9.45. The molecule has 0 radical (unpaired) electrons. The Balaban J connectivity index is 2.43. The van der Waals surface area contributed by atoms with Gasteiger partial charge in [-0.1, -0.05) is 22.0 Å². The summed E-state index contributed by atoms with van der Waals surface area (Å²) in [5, 5.41) is 10.7. The van der Waals surface area contributed by atoms with Gasteiger partial charge < -0.3 is 8.92 Å². The molecule has 0 atom stereocenters. The highest BCUT2D eigenvalue weighted by atomic mass is 79.9. The van der Waals surface area contributed by atoms with Crippen LogP contribution in [-0.4, -0.2) is 20.5 Å². The Kier molecular flexibility index (Phi) is 4.67. The van der Waals surface area contributed by atoms with E-state index in [-0.39, 0.29) is 22.1 Å². The Bertz CT molecular complexity index is 821. The maximum absolute atomic E-state index is 12.3. The topological polar surface area (TPSA) is 95.7 Å². The number of rotatable bonds is 5. The molecular formula is C13H10BrNO6S. The quantitative estimate of drug-likeness (QED) is 0.444. The number of methoxy groups -OCH3 is 1. The first-order valence-corrected chi connectivity index (χ1v) is 8.06. The van der Waals surface area contributed by atoms with Gasteiger partial charge in [0.15, 0.2) is 0 Å². The van der Waals surface area contributed by atoms with E-state index in [4.69, 9.17) is 8.92 Å². The van der Waals surface area contributed by atoms with Gasteiger partial charge in [0.05, 0.1) is 18.1 Å². The standard InChI is InChI=1S/C13H10BrNO6S/c1-20-12-8-10(15(16)17)5-6-13(12)22(18,19)21-11-4-2-3-9(14)7-11/h2-8H,1H3. The van der Waals surface area contributed by atoms with Crippen LogP contribution in [0.25, 0.3) is 0 Å². The molecule has 0 spiro atoms. The highest BCUT2D eigenvalue weighted by Crippen LogP contribution is 2.31. The van der Waals surface area contributed by atoms with Crippen molar-refractivity contribution in [1.82, 2.24) is 0 Å². The summed E-state index contributed by atoms with van der Waals surface area (Å²) < 4.78 is 35.1. The second-order valence-electron chi connectivity index (χ2n) is 4.09. The van der Waals surface area contributed by atoms with Crippen molar-refractivity contribution in [2.24, 2.45) is 0 Å². The first-order valence-electron chi connectivity index (χ1n) is 5.86. The van der Waals surface area contributed by atoms with E-state index in [2.05, 4.69) is 15.9 Å². The van der Waals surface area contributed by atoms with Crippen LogP contribution in [0.15, 0.2) is 51.8 Å². The third kappa shape index (κ3) is 3.55. The molecule has 0 amide bonds. The number of nitro groups is 1. The summed E-state index contributed by atoms with van der Waals surface area (Å²) in [5.74, 6) is -0.0565. The highest BCUT2D eigenvalue weighted by Gasteiger charge is 2.24. The molecule has 2 aromatic rings. The van der Waals surface area contributed by atoms with Crippen LogP contribution in [0.2, 0.25) is 0 Å². The summed E-state index contributed by atoms with van der Waals surface area (Å²) in [6.07, 6.45) is 0. The SMILES string of the molecule is COc1cc([N+](=O)[O-])ccc1S(=O)(=O)Oc1cccc(Br)c1. The van der Waals surface area contributed by atoms with E-state index < -0.39 is 15.0 Å². The molecule has 0 fully saturated rings. The molecule has 0 aliphatic heterocycles. The number of hydrogen-bond acceptors (Lipinski definition) is 6. The third-order valence-corrected chi connectivity index (χ3v) is 4.41. The van der Waals surface area contributed by atoms with E-state index in [1.165, 1.54) is 19.2 Å². The molecule has 116 valence electrons. The largest absolute Gasteiger partial charge is 0.495 e. The van der Waals surface area contributed by atoms with Gasteiger partial charge in [-0.05, 0) is 24.3 Å².